The van der Waals surface area contributed by atoms with Crippen LogP contribution in [-0.4, -0.2) is 19.0 Å². The molecule has 2 N–H and O–H groups in total. The number of carbonyl (C=O) groups excluding carboxylic acids is 1. The lowest BCUT2D eigenvalue weighted by molar-refractivity contribution is -0.118. The average molecular weight is 262 g/mol. The van der Waals surface area contributed by atoms with E-state index in [-0.39, 0.29) is 17.4 Å². The van der Waals surface area contributed by atoms with Gasteiger partial charge in [-0.15, -0.1) is 0 Å². The number of amides is 1. The molecule has 1 rings (SSSR count). The minimum atomic E-state index is -0.107. The van der Waals surface area contributed by atoms with Crippen molar-refractivity contribution in [1.82, 2.24) is 0 Å². The number of carbonyl (C=O) groups is 1. The van der Waals surface area contributed by atoms with E-state index < -0.39 is 0 Å². The summed E-state index contributed by atoms with van der Waals surface area (Å²) in [6, 6.07) is 6.17. The molecular formula is C16H26N2O. The minimum Gasteiger partial charge on any atom is -0.327 e. The maximum atomic E-state index is 12.0. The summed E-state index contributed by atoms with van der Waals surface area (Å²) >= 11 is 0. The van der Waals surface area contributed by atoms with Gasteiger partial charge in [-0.2, -0.15) is 0 Å². The highest BCUT2D eigenvalue weighted by Gasteiger charge is 2.18. The molecule has 0 aromatic heterocycles. The van der Waals surface area contributed by atoms with Crippen LogP contribution < -0.4 is 10.6 Å². The fraction of sp³-hybridized carbons (Fsp3) is 0.562. The van der Waals surface area contributed by atoms with Gasteiger partial charge in [-0.1, -0.05) is 32.9 Å². The van der Waals surface area contributed by atoms with E-state index in [0.717, 1.165) is 11.3 Å². The van der Waals surface area contributed by atoms with Gasteiger partial charge in [0, 0.05) is 25.2 Å². The van der Waals surface area contributed by atoms with Crippen LogP contribution in [0.1, 0.15) is 45.2 Å². The molecule has 0 radical (unpaired) electrons. The van der Waals surface area contributed by atoms with Crippen molar-refractivity contribution in [3.05, 3.63) is 29.3 Å². The monoisotopic (exact) mass is 262 g/mol. The molecule has 106 valence electrons. The summed E-state index contributed by atoms with van der Waals surface area (Å²) in [6.45, 7) is 10.5. The van der Waals surface area contributed by atoms with E-state index in [2.05, 4.69) is 32.9 Å². The Hall–Kier alpha value is -1.35. The fourth-order valence-corrected chi connectivity index (χ4v) is 2.05. The molecule has 0 aliphatic carbocycles. The van der Waals surface area contributed by atoms with Crippen LogP contribution in [0.2, 0.25) is 0 Å². The van der Waals surface area contributed by atoms with Gasteiger partial charge in [-0.25, -0.2) is 0 Å². The standard InChI is InChI=1S/C16H26N2O/c1-11-9-13(16(3,4)5)7-8-14(11)18(6)15(19)10-12(2)17/h7-9,12H,10,17H2,1-6H3. The second kappa shape index (κ2) is 5.74. The molecule has 0 bridgehead atoms. The molecule has 0 aliphatic heterocycles. The number of anilines is 1. The highest BCUT2D eigenvalue weighted by molar-refractivity contribution is 5.93. The summed E-state index contributed by atoms with van der Waals surface area (Å²) in [5.74, 6) is 0.0570. The number of nitrogens with two attached hydrogens (primary N) is 1. The van der Waals surface area contributed by atoms with E-state index in [0.29, 0.717) is 6.42 Å². The van der Waals surface area contributed by atoms with Crippen molar-refractivity contribution in [3.8, 4) is 0 Å². The molecule has 1 unspecified atom stereocenters. The van der Waals surface area contributed by atoms with Crippen molar-refractivity contribution in [3.63, 3.8) is 0 Å². The zero-order valence-electron chi connectivity index (χ0n) is 12.9. The smallest absolute Gasteiger partial charge is 0.228 e. The number of benzene rings is 1. The molecule has 3 nitrogen and oxygen atoms in total. The van der Waals surface area contributed by atoms with Crippen molar-refractivity contribution in [2.45, 2.75) is 52.5 Å². The number of hydrogen-bond donors (Lipinski definition) is 1. The van der Waals surface area contributed by atoms with Gasteiger partial charge < -0.3 is 10.6 Å². The molecule has 1 amide bonds. The van der Waals surface area contributed by atoms with Crippen molar-refractivity contribution in [1.29, 1.82) is 0 Å². The molecule has 1 atom stereocenters. The molecule has 0 spiro atoms. The van der Waals surface area contributed by atoms with Gasteiger partial charge in [0.1, 0.15) is 0 Å². The first-order valence-electron chi connectivity index (χ1n) is 6.76. The lowest BCUT2D eigenvalue weighted by atomic mass is 9.86. The van der Waals surface area contributed by atoms with Gasteiger partial charge in [0.05, 0.1) is 0 Å². The Labute approximate surface area is 116 Å². The predicted octanol–water partition coefficient (Wildman–Crippen LogP) is 2.99. The van der Waals surface area contributed by atoms with Gasteiger partial charge in [0.2, 0.25) is 5.91 Å². The van der Waals surface area contributed by atoms with Crippen LogP contribution in [0, 0.1) is 6.92 Å². The van der Waals surface area contributed by atoms with Crippen LogP contribution >= 0.6 is 0 Å². The third kappa shape index (κ3) is 4.06. The summed E-state index contributed by atoms with van der Waals surface area (Å²) in [5, 5.41) is 0. The van der Waals surface area contributed by atoms with E-state index in [1.54, 1.807) is 4.90 Å². The Morgan fingerprint density at radius 2 is 1.95 bits per heavy atom. The number of nitrogens with zero attached hydrogens (tertiary/aromatic N) is 1. The van der Waals surface area contributed by atoms with Crippen molar-refractivity contribution in [2.24, 2.45) is 5.73 Å². The largest absolute Gasteiger partial charge is 0.327 e. The summed E-state index contributed by atoms with van der Waals surface area (Å²) < 4.78 is 0. The first-order chi connectivity index (χ1) is 8.62. The lowest BCUT2D eigenvalue weighted by Crippen LogP contribution is -2.32. The van der Waals surface area contributed by atoms with Crippen LogP contribution in [0.15, 0.2) is 18.2 Å². The highest BCUT2D eigenvalue weighted by atomic mass is 16.2. The molecule has 19 heavy (non-hydrogen) atoms. The fourth-order valence-electron chi connectivity index (χ4n) is 2.05. The van der Waals surface area contributed by atoms with Crippen molar-refractivity contribution >= 4 is 11.6 Å². The third-order valence-electron chi connectivity index (χ3n) is 3.29. The van der Waals surface area contributed by atoms with Gasteiger partial charge in [-0.05, 0) is 36.5 Å². The number of rotatable bonds is 3. The second-order valence-corrected chi connectivity index (χ2v) is 6.39. The molecule has 1 aromatic carbocycles. The molecular weight excluding hydrogens is 236 g/mol. The Kier molecular flexibility index (Phi) is 4.75. The van der Waals surface area contributed by atoms with Crippen LogP contribution in [0.5, 0.6) is 0 Å². The molecule has 0 saturated heterocycles. The maximum Gasteiger partial charge on any atom is 0.228 e. The zero-order valence-corrected chi connectivity index (χ0v) is 12.9. The van der Waals surface area contributed by atoms with Gasteiger partial charge >= 0.3 is 0 Å². The highest BCUT2D eigenvalue weighted by Crippen LogP contribution is 2.28. The first kappa shape index (κ1) is 15.7. The van der Waals surface area contributed by atoms with E-state index in [4.69, 9.17) is 5.73 Å². The SMILES string of the molecule is Cc1cc(C(C)(C)C)ccc1N(C)C(=O)CC(C)N. The third-order valence-corrected chi connectivity index (χ3v) is 3.29. The Bertz CT molecular complexity index is 458. The number of hydrogen-bond acceptors (Lipinski definition) is 2. The second-order valence-electron chi connectivity index (χ2n) is 6.39. The molecule has 3 heteroatoms. The first-order valence-corrected chi connectivity index (χ1v) is 6.76. The van der Waals surface area contributed by atoms with E-state index in [9.17, 15) is 4.79 Å². The quantitative estimate of drug-likeness (QED) is 0.910. The maximum absolute atomic E-state index is 12.0. The molecule has 0 fully saturated rings. The van der Waals surface area contributed by atoms with E-state index in [1.807, 2.05) is 27.0 Å². The molecule has 0 heterocycles. The topological polar surface area (TPSA) is 46.3 Å². The van der Waals surface area contributed by atoms with Crippen LogP contribution in [0.4, 0.5) is 5.69 Å². The normalized spacial score (nSPS) is 13.2. The molecule has 0 saturated carbocycles. The molecule has 0 aliphatic rings. The summed E-state index contributed by atoms with van der Waals surface area (Å²) in [5.41, 5.74) is 9.16. The Morgan fingerprint density at radius 3 is 2.37 bits per heavy atom. The summed E-state index contributed by atoms with van der Waals surface area (Å²) in [6.07, 6.45) is 0.372. The van der Waals surface area contributed by atoms with E-state index >= 15 is 0 Å². The number of aryl methyl sites for hydroxylation is 1. The Morgan fingerprint density at radius 1 is 1.37 bits per heavy atom. The van der Waals surface area contributed by atoms with Crippen molar-refractivity contribution in [2.75, 3.05) is 11.9 Å². The average Bonchev–Trinajstić information content (AvgIpc) is 2.25. The van der Waals surface area contributed by atoms with E-state index in [1.165, 1.54) is 5.56 Å². The van der Waals surface area contributed by atoms with Crippen molar-refractivity contribution < 1.29 is 4.79 Å². The Balaban J connectivity index is 3.00. The van der Waals surface area contributed by atoms with Gasteiger partial charge in [0.15, 0.2) is 0 Å². The lowest BCUT2D eigenvalue weighted by Gasteiger charge is -2.24. The van der Waals surface area contributed by atoms with Crippen LogP contribution in [0.25, 0.3) is 0 Å². The van der Waals surface area contributed by atoms with Crippen LogP contribution in [-0.2, 0) is 10.2 Å². The van der Waals surface area contributed by atoms with Gasteiger partial charge in [0.25, 0.3) is 0 Å². The summed E-state index contributed by atoms with van der Waals surface area (Å²) in [7, 11) is 1.81. The summed E-state index contributed by atoms with van der Waals surface area (Å²) in [4.78, 5) is 13.7. The molecule has 1 aromatic rings. The predicted molar refractivity (Wildman–Crippen MR) is 81.6 cm³/mol. The minimum absolute atomic E-state index is 0.0570. The van der Waals surface area contributed by atoms with Crippen LogP contribution in [0.3, 0.4) is 0 Å². The zero-order chi connectivity index (χ0) is 14.8. The van der Waals surface area contributed by atoms with Gasteiger partial charge in [-0.3, -0.25) is 4.79 Å².